The van der Waals surface area contributed by atoms with Crippen molar-refractivity contribution in [1.82, 2.24) is 9.80 Å². The van der Waals surface area contributed by atoms with E-state index in [1.807, 2.05) is 12.1 Å². The highest BCUT2D eigenvalue weighted by Gasteiger charge is 2.36. The molecule has 0 spiro atoms. The molecule has 3 heterocycles. The molecule has 13 heteroatoms. The van der Waals surface area contributed by atoms with Crippen LogP contribution in [0.2, 0.25) is 0 Å². The van der Waals surface area contributed by atoms with Crippen molar-refractivity contribution in [2.45, 2.75) is 44.7 Å². The fourth-order valence-corrected chi connectivity index (χ4v) is 5.60. The molecule has 0 aliphatic carbocycles. The zero-order chi connectivity index (χ0) is 33.9. The molecule has 252 valence electrons. The summed E-state index contributed by atoms with van der Waals surface area (Å²) in [5, 5.41) is 19.9. The molecule has 3 N–H and O–H groups in total. The molecule has 3 saturated heterocycles. The number of nitrogens with two attached hydrogens (primary N) is 1. The summed E-state index contributed by atoms with van der Waals surface area (Å²) >= 11 is 0. The first kappa shape index (κ1) is 35.6. The van der Waals surface area contributed by atoms with Gasteiger partial charge in [-0.2, -0.15) is 5.26 Å². The summed E-state index contributed by atoms with van der Waals surface area (Å²) in [6, 6.07) is 15.5. The summed E-state index contributed by atoms with van der Waals surface area (Å²) in [5.41, 5.74) is 7.12. The molecule has 3 aliphatic rings. The number of anilines is 1. The average molecular weight is 649 g/mol. The van der Waals surface area contributed by atoms with E-state index < -0.39 is 24.3 Å². The highest BCUT2D eigenvalue weighted by atomic mass is 19.1. The van der Waals surface area contributed by atoms with Crippen molar-refractivity contribution >= 4 is 36.2 Å². The summed E-state index contributed by atoms with van der Waals surface area (Å²) in [5.74, 6) is -0.247. The van der Waals surface area contributed by atoms with Gasteiger partial charge in [0.1, 0.15) is 30.4 Å². The predicted molar refractivity (Wildman–Crippen MR) is 182 cm³/mol. The Labute approximate surface area is 276 Å². The first-order valence-corrected chi connectivity index (χ1v) is 15.9. The van der Waals surface area contributed by atoms with E-state index in [0.717, 1.165) is 50.8 Å². The molecule has 5 rings (SSSR count). The smallest absolute Gasteiger partial charge is 0.251 e. The molecule has 2 aromatic carbocycles. The SMILES string of the molecule is C=NC(=NC=Nc1ccc(N2CCN(C3COC3)CC2)cc1)c1ccc(O[C@H]2CCN(C(=O)C(O)C(C)C)C[C@H]2F)c(C#N)c1.CN. The van der Waals surface area contributed by atoms with Crippen LogP contribution in [-0.4, -0.2) is 124 Å². The lowest BCUT2D eigenvalue weighted by Crippen LogP contribution is -2.56. The molecule has 1 amide bonds. The summed E-state index contributed by atoms with van der Waals surface area (Å²) < 4.78 is 26.2. The predicted octanol–water partition coefficient (Wildman–Crippen LogP) is 2.80. The summed E-state index contributed by atoms with van der Waals surface area (Å²) in [6.07, 6.45) is -1.84. The number of carbonyl (C=O) groups excluding carboxylic acids is 1. The van der Waals surface area contributed by atoms with Gasteiger partial charge in [-0.1, -0.05) is 13.8 Å². The number of rotatable bonds is 9. The molecule has 47 heavy (non-hydrogen) atoms. The maximum atomic E-state index is 15.0. The second-order valence-electron chi connectivity index (χ2n) is 11.8. The molecule has 1 unspecified atom stereocenters. The maximum absolute atomic E-state index is 15.0. The Kier molecular flexibility index (Phi) is 12.9. The van der Waals surface area contributed by atoms with E-state index in [-0.39, 0.29) is 42.6 Å². The van der Waals surface area contributed by atoms with Crippen LogP contribution in [0.15, 0.2) is 57.4 Å². The lowest BCUT2D eigenvalue weighted by molar-refractivity contribution is -0.146. The van der Waals surface area contributed by atoms with Crippen molar-refractivity contribution in [2.24, 2.45) is 26.6 Å². The zero-order valence-corrected chi connectivity index (χ0v) is 27.3. The van der Waals surface area contributed by atoms with E-state index >= 15 is 4.39 Å². The highest BCUT2D eigenvalue weighted by molar-refractivity contribution is 6.05. The number of benzene rings is 2. The Morgan fingerprint density at radius 1 is 1.15 bits per heavy atom. The van der Waals surface area contributed by atoms with Crippen LogP contribution in [0, 0.1) is 17.2 Å². The van der Waals surface area contributed by atoms with E-state index in [2.05, 4.69) is 55.4 Å². The minimum Gasteiger partial charge on any atom is -0.486 e. The molecular weight excluding hydrogens is 603 g/mol. The number of hydrogen-bond acceptors (Lipinski definition) is 9. The van der Waals surface area contributed by atoms with Crippen LogP contribution in [0.25, 0.3) is 0 Å². The molecule has 12 nitrogen and oxygen atoms in total. The number of amides is 1. The first-order valence-electron chi connectivity index (χ1n) is 15.9. The third-order valence-corrected chi connectivity index (χ3v) is 8.52. The number of aliphatic imine (C=N–C) groups is 3. The van der Waals surface area contributed by atoms with Crippen LogP contribution < -0.4 is 15.4 Å². The van der Waals surface area contributed by atoms with E-state index in [0.29, 0.717) is 11.6 Å². The fourth-order valence-electron chi connectivity index (χ4n) is 5.60. The van der Waals surface area contributed by atoms with Crippen LogP contribution >= 0.6 is 0 Å². The number of amidine groups is 1. The van der Waals surface area contributed by atoms with Gasteiger partial charge >= 0.3 is 0 Å². The number of piperidine rings is 1. The van der Waals surface area contributed by atoms with Crippen LogP contribution in [0.3, 0.4) is 0 Å². The fraction of sp³-hybridized carbons (Fsp3) is 0.500. The third kappa shape index (κ3) is 8.99. The van der Waals surface area contributed by atoms with Gasteiger partial charge < -0.3 is 30.1 Å². The first-order chi connectivity index (χ1) is 22.8. The van der Waals surface area contributed by atoms with Crippen molar-refractivity contribution in [1.29, 1.82) is 5.26 Å². The van der Waals surface area contributed by atoms with Crippen LogP contribution in [-0.2, 0) is 9.53 Å². The Morgan fingerprint density at radius 3 is 2.43 bits per heavy atom. The van der Waals surface area contributed by atoms with Crippen molar-refractivity contribution < 1.29 is 23.8 Å². The Hall–Kier alpha value is -4.22. The second kappa shape index (κ2) is 17.1. The van der Waals surface area contributed by atoms with Gasteiger partial charge in [0.15, 0.2) is 12.0 Å². The normalized spacial score (nSPS) is 21.4. The lowest BCUT2D eigenvalue weighted by Gasteiger charge is -2.43. The molecule has 3 fully saturated rings. The zero-order valence-electron chi connectivity index (χ0n) is 27.3. The van der Waals surface area contributed by atoms with Gasteiger partial charge in [-0.05, 0) is 62.1 Å². The Bertz CT molecular complexity index is 1450. The van der Waals surface area contributed by atoms with Crippen molar-refractivity contribution in [3.63, 3.8) is 0 Å². The minimum absolute atomic E-state index is 0.180. The third-order valence-electron chi connectivity index (χ3n) is 8.52. The molecule has 0 saturated carbocycles. The highest BCUT2D eigenvalue weighted by Crippen LogP contribution is 2.27. The summed E-state index contributed by atoms with van der Waals surface area (Å²) in [4.78, 5) is 31.4. The number of ether oxygens (including phenoxy) is 2. The molecule has 3 aliphatic heterocycles. The largest absolute Gasteiger partial charge is 0.486 e. The van der Waals surface area contributed by atoms with Gasteiger partial charge in [-0.3, -0.25) is 9.69 Å². The molecule has 0 aromatic heterocycles. The number of aliphatic hydroxyl groups is 1. The standard InChI is InChI=1S/C33H40FN7O4.CH5N/c1-22(2)31(42)33(43)41-11-10-30(28(34)18-41)45-29-9-4-23(16-24(29)17-35)32(36-3)38-21-37-25-5-7-26(8-6-25)39-12-14-40(15-13-39)27-19-44-20-27;1-2/h4-9,16,21-22,27-28,30-31,42H,3,10-15,18-20H2,1-2H3;2H2,1H3/t28-,30+,31?;/m1./s1. The lowest BCUT2D eigenvalue weighted by atomic mass is 10.0. The number of alkyl halides is 1. The maximum Gasteiger partial charge on any atom is 0.251 e. The number of halogens is 1. The minimum atomic E-state index is -1.47. The van der Waals surface area contributed by atoms with Crippen LogP contribution in [0.1, 0.15) is 31.4 Å². The van der Waals surface area contributed by atoms with Gasteiger partial charge in [0.2, 0.25) is 0 Å². The number of nitrogens with zero attached hydrogens (tertiary/aromatic N) is 7. The van der Waals surface area contributed by atoms with Crippen molar-refractivity contribution in [3.05, 3.63) is 53.6 Å². The Morgan fingerprint density at radius 2 is 1.85 bits per heavy atom. The Balaban J connectivity index is 0.00000245. The number of hydrogen-bond donors (Lipinski definition) is 2. The van der Waals surface area contributed by atoms with Gasteiger partial charge in [0, 0.05) is 50.4 Å². The van der Waals surface area contributed by atoms with Gasteiger partial charge in [0.25, 0.3) is 5.91 Å². The molecule has 0 radical (unpaired) electrons. The summed E-state index contributed by atoms with van der Waals surface area (Å²) in [6.45, 7) is 12.8. The number of carbonyl (C=O) groups is 1. The number of nitriles is 1. The number of piperazine rings is 1. The quantitative estimate of drug-likeness (QED) is 0.311. The van der Waals surface area contributed by atoms with Gasteiger partial charge in [-0.15, -0.1) is 0 Å². The van der Waals surface area contributed by atoms with Gasteiger partial charge in [-0.25, -0.2) is 19.4 Å². The van der Waals surface area contributed by atoms with Crippen molar-refractivity contribution in [2.75, 3.05) is 64.4 Å². The number of aliphatic hydroxyl groups excluding tert-OH is 1. The molecule has 0 bridgehead atoms. The van der Waals surface area contributed by atoms with E-state index in [1.54, 1.807) is 32.0 Å². The van der Waals surface area contributed by atoms with E-state index in [4.69, 9.17) is 9.47 Å². The second-order valence-corrected chi connectivity index (χ2v) is 11.8. The molecular formula is C34H45FN8O4. The molecule has 2 aromatic rings. The number of likely N-dealkylation sites (tertiary alicyclic amines) is 1. The van der Waals surface area contributed by atoms with Crippen LogP contribution in [0.4, 0.5) is 15.8 Å². The topological polar surface area (TPSA) is 152 Å². The van der Waals surface area contributed by atoms with E-state index in [1.165, 1.54) is 18.3 Å². The van der Waals surface area contributed by atoms with Gasteiger partial charge in [0.05, 0.1) is 37.1 Å². The van der Waals surface area contributed by atoms with Crippen LogP contribution in [0.5, 0.6) is 5.75 Å². The van der Waals surface area contributed by atoms with Crippen molar-refractivity contribution in [3.8, 4) is 11.8 Å². The molecule has 3 atom stereocenters. The average Bonchev–Trinajstić information content (AvgIpc) is 3.08. The monoisotopic (exact) mass is 648 g/mol. The van der Waals surface area contributed by atoms with E-state index in [9.17, 15) is 15.2 Å². The summed E-state index contributed by atoms with van der Waals surface area (Å²) in [7, 11) is 1.50.